The van der Waals surface area contributed by atoms with E-state index in [4.69, 9.17) is 4.52 Å². The second kappa shape index (κ2) is 5.49. The SMILES string of the molecule is c1csc(-c2cc(CSc3nnc(C4CC4)n3C3CC3)no2)c1. The molecule has 2 aliphatic rings. The highest BCUT2D eigenvalue weighted by atomic mass is 32.2. The third-order valence-electron chi connectivity index (χ3n) is 4.22. The summed E-state index contributed by atoms with van der Waals surface area (Å²) in [4.78, 5) is 1.12. The predicted octanol–water partition coefficient (Wildman–Crippen LogP) is 4.50. The van der Waals surface area contributed by atoms with Crippen molar-refractivity contribution in [3.05, 3.63) is 35.1 Å². The lowest BCUT2D eigenvalue weighted by atomic mass is 10.3. The van der Waals surface area contributed by atoms with Crippen molar-refractivity contribution in [3.63, 3.8) is 0 Å². The number of aromatic nitrogens is 4. The van der Waals surface area contributed by atoms with Crippen LogP contribution in [0.4, 0.5) is 0 Å². The third kappa shape index (κ3) is 2.72. The Morgan fingerprint density at radius 2 is 2.17 bits per heavy atom. The first-order chi connectivity index (χ1) is 11.4. The van der Waals surface area contributed by atoms with Gasteiger partial charge in [0.2, 0.25) is 0 Å². The van der Waals surface area contributed by atoms with Crippen LogP contribution in [-0.2, 0) is 5.75 Å². The summed E-state index contributed by atoms with van der Waals surface area (Å²) >= 11 is 3.38. The van der Waals surface area contributed by atoms with Gasteiger partial charge in [-0.05, 0) is 37.1 Å². The molecule has 0 spiro atoms. The highest BCUT2D eigenvalue weighted by molar-refractivity contribution is 7.98. The lowest BCUT2D eigenvalue weighted by Gasteiger charge is -2.07. The van der Waals surface area contributed by atoms with Gasteiger partial charge in [-0.3, -0.25) is 0 Å². The summed E-state index contributed by atoms with van der Waals surface area (Å²) in [6.07, 6.45) is 5.06. The standard InChI is InChI=1S/C16H16N4OS2/c1-2-14(22-7-1)13-8-11(19-21-13)9-23-16-18-17-15(10-3-4-10)20(16)12-5-6-12/h1-2,7-8,10,12H,3-6,9H2. The van der Waals surface area contributed by atoms with Gasteiger partial charge in [-0.1, -0.05) is 23.0 Å². The Kier molecular flexibility index (Phi) is 3.29. The van der Waals surface area contributed by atoms with Crippen LogP contribution in [0.1, 0.15) is 49.2 Å². The minimum atomic E-state index is 0.627. The summed E-state index contributed by atoms with van der Waals surface area (Å²) in [6.45, 7) is 0. The fourth-order valence-electron chi connectivity index (χ4n) is 2.74. The predicted molar refractivity (Wildman–Crippen MR) is 89.6 cm³/mol. The molecule has 0 aliphatic heterocycles. The van der Waals surface area contributed by atoms with Gasteiger partial charge in [0.15, 0.2) is 10.9 Å². The Morgan fingerprint density at radius 1 is 1.26 bits per heavy atom. The van der Waals surface area contributed by atoms with E-state index in [9.17, 15) is 0 Å². The van der Waals surface area contributed by atoms with Crippen LogP contribution in [0.5, 0.6) is 0 Å². The second-order valence-corrected chi connectivity index (χ2v) is 8.05. The molecular weight excluding hydrogens is 328 g/mol. The van der Waals surface area contributed by atoms with Crippen LogP contribution < -0.4 is 0 Å². The van der Waals surface area contributed by atoms with Gasteiger partial charge in [0.25, 0.3) is 0 Å². The average molecular weight is 344 g/mol. The van der Waals surface area contributed by atoms with E-state index in [0.29, 0.717) is 12.0 Å². The minimum absolute atomic E-state index is 0.627. The van der Waals surface area contributed by atoms with Crippen LogP contribution in [0, 0.1) is 0 Å². The summed E-state index contributed by atoms with van der Waals surface area (Å²) in [5.74, 6) is 3.46. The maximum absolute atomic E-state index is 5.45. The van der Waals surface area contributed by atoms with Crippen LogP contribution >= 0.6 is 23.1 Å². The van der Waals surface area contributed by atoms with Gasteiger partial charge in [-0.2, -0.15) is 0 Å². The molecule has 0 N–H and O–H groups in total. The molecule has 3 aromatic heterocycles. The Labute approximate surface area is 142 Å². The molecule has 118 valence electrons. The van der Waals surface area contributed by atoms with Crippen molar-refractivity contribution in [1.29, 1.82) is 0 Å². The quantitative estimate of drug-likeness (QED) is 0.616. The van der Waals surface area contributed by atoms with Crippen molar-refractivity contribution in [3.8, 4) is 10.6 Å². The number of rotatable bonds is 6. The Morgan fingerprint density at radius 3 is 2.91 bits per heavy atom. The largest absolute Gasteiger partial charge is 0.355 e. The highest BCUT2D eigenvalue weighted by Crippen LogP contribution is 2.46. The molecule has 23 heavy (non-hydrogen) atoms. The fraction of sp³-hybridized carbons (Fsp3) is 0.438. The number of thioether (sulfide) groups is 1. The number of hydrogen-bond acceptors (Lipinski definition) is 6. The first-order valence-electron chi connectivity index (χ1n) is 7.95. The van der Waals surface area contributed by atoms with Crippen molar-refractivity contribution in [1.82, 2.24) is 19.9 Å². The topological polar surface area (TPSA) is 56.7 Å². The molecule has 0 saturated heterocycles. The van der Waals surface area contributed by atoms with Crippen molar-refractivity contribution in [2.24, 2.45) is 0 Å². The molecule has 2 saturated carbocycles. The Hall–Kier alpha value is -1.60. The van der Waals surface area contributed by atoms with E-state index in [0.717, 1.165) is 27.2 Å². The van der Waals surface area contributed by atoms with Crippen LogP contribution in [0.15, 0.2) is 33.3 Å². The van der Waals surface area contributed by atoms with Crippen molar-refractivity contribution in [2.45, 2.75) is 48.6 Å². The Balaban J connectivity index is 1.33. The van der Waals surface area contributed by atoms with Gasteiger partial charge in [-0.15, -0.1) is 21.5 Å². The molecule has 3 aromatic rings. The van der Waals surface area contributed by atoms with E-state index in [1.165, 1.54) is 31.5 Å². The second-order valence-electron chi connectivity index (χ2n) is 6.16. The van der Waals surface area contributed by atoms with Gasteiger partial charge in [-0.25, -0.2) is 0 Å². The summed E-state index contributed by atoms with van der Waals surface area (Å²) in [5.41, 5.74) is 0.955. The molecule has 3 heterocycles. The minimum Gasteiger partial charge on any atom is -0.355 e. The molecule has 0 radical (unpaired) electrons. The summed E-state index contributed by atoms with van der Waals surface area (Å²) < 4.78 is 7.82. The monoisotopic (exact) mass is 344 g/mol. The van der Waals surface area contributed by atoms with Crippen LogP contribution in [0.2, 0.25) is 0 Å². The summed E-state index contributed by atoms with van der Waals surface area (Å²) in [6, 6.07) is 6.72. The lowest BCUT2D eigenvalue weighted by Crippen LogP contribution is -2.01. The van der Waals surface area contributed by atoms with Gasteiger partial charge in [0.1, 0.15) is 5.82 Å². The maximum atomic E-state index is 5.45. The smallest absolute Gasteiger partial charge is 0.191 e. The molecule has 2 aliphatic carbocycles. The lowest BCUT2D eigenvalue weighted by molar-refractivity contribution is 0.427. The molecule has 0 bridgehead atoms. The van der Waals surface area contributed by atoms with Crippen LogP contribution in [0.25, 0.3) is 10.6 Å². The number of thiophene rings is 1. The molecule has 5 rings (SSSR count). The molecule has 5 nitrogen and oxygen atoms in total. The zero-order chi connectivity index (χ0) is 15.2. The number of hydrogen-bond donors (Lipinski definition) is 0. The molecular formula is C16H16N4OS2. The van der Waals surface area contributed by atoms with Gasteiger partial charge < -0.3 is 9.09 Å². The molecule has 0 unspecified atom stereocenters. The fourth-order valence-corrected chi connectivity index (χ4v) is 4.30. The first kappa shape index (κ1) is 13.8. The maximum Gasteiger partial charge on any atom is 0.191 e. The Bertz CT molecular complexity index is 815. The highest BCUT2D eigenvalue weighted by Gasteiger charge is 2.36. The van der Waals surface area contributed by atoms with E-state index < -0.39 is 0 Å². The molecule has 0 aromatic carbocycles. The van der Waals surface area contributed by atoms with Crippen LogP contribution in [-0.4, -0.2) is 19.9 Å². The van der Waals surface area contributed by atoms with E-state index >= 15 is 0 Å². The molecule has 7 heteroatoms. The van der Waals surface area contributed by atoms with E-state index in [-0.39, 0.29) is 0 Å². The zero-order valence-corrected chi connectivity index (χ0v) is 14.1. The molecule has 0 atom stereocenters. The summed E-state index contributed by atoms with van der Waals surface area (Å²) in [5, 5.41) is 16.1. The van der Waals surface area contributed by atoms with Gasteiger partial charge >= 0.3 is 0 Å². The van der Waals surface area contributed by atoms with Gasteiger partial charge in [0, 0.05) is 23.8 Å². The third-order valence-corrected chi connectivity index (χ3v) is 6.08. The molecule has 2 fully saturated rings. The van der Waals surface area contributed by atoms with Crippen molar-refractivity contribution in [2.75, 3.05) is 0 Å². The molecule has 0 amide bonds. The van der Waals surface area contributed by atoms with Crippen molar-refractivity contribution < 1.29 is 4.52 Å². The normalized spacial score (nSPS) is 17.7. The average Bonchev–Trinajstić information content (AvgIpc) is 3.43. The number of nitrogens with zero attached hydrogens (tertiary/aromatic N) is 4. The van der Waals surface area contributed by atoms with Crippen molar-refractivity contribution >= 4 is 23.1 Å². The first-order valence-corrected chi connectivity index (χ1v) is 9.82. The van der Waals surface area contributed by atoms with E-state index in [2.05, 4.69) is 19.9 Å². The van der Waals surface area contributed by atoms with Crippen LogP contribution in [0.3, 0.4) is 0 Å². The van der Waals surface area contributed by atoms with E-state index in [1.807, 2.05) is 23.6 Å². The zero-order valence-electron chi connectivity index (χ0n) is 12.5. The van der Waals surface area contributed by atoms with Gasteiger partial charge in [0.05, 0.1) is 10.6 Å². The summed E-state index contributed by atoms with van der Waals surface area (Å²) in [7, 11) is 0. The van der Waals surface area contributed by atoms with E-state index in [1.54, 1.807) is 23.1 Å².